The second kappa shape index (κ2) is 7.02. The van der Waals surface area contributed by atoms with Crippen LogP contribution in [0, 0.1) is 0 Å². The Morgan fingerprint density at radius 2 is 2.39 bits per heavy atom. The summed E-state index contributed by atoms with van der Waals surface area (Å²) in [7, 11) is 1.64. The molecule has 1 aliphatic carbocycles. The maximum Gasteiger partial charge on any atom is 0.259 e. The van der Waals surface area contributed by atoms with Gasteiger partial charge in [0.25, 0.3) is 5.56 Å². The van der Waals surface area contributed by atoms with Crippen molar-refractivity contribution in [1.29, 1.82) is 0 Å². The van der Waals surface area contributed by atoms with Crippen LogP contribution in [-0.2, 0) is 23.3 Å². The van der Waals surface area contributed by atoms with Gasteiger partial charge < -0.3 is 15.5 Å². The van der Waals surface area contributed by atoms with E-state index in [-0.39, 0.29) is 11.6 Å². The molecule has 3 N–H and O–H groups in total. The van der Waals surface area contributed by atoms with Crippen LogP contribution >= 0.6 is 23.1 Å². The van der Waals surface area contributed by atoms with Crippen LogP contribution in [0.2, 0.25) is 0 Å². The monoisotopic (exact) mass is 352 g/mol. The van der Waals surface area contributed by atoms with Crippen molar-refractivity contribution in [2.75, 3.05) is 13.7 Å². The molecule has 0 radical (unpaired) electrons. The van der Waals surface area contributed by atoms with E-state index in [1.165, 1.54) is 22.2 Å². The zero-order valence-corrected chi connectivity index (χ0v) is 14.9. The molecule has 0 aromatic carbocycles. The van der Waals surface area contributed by atoms with Crippen LogP contribution in [0.4, 0.5) is 0 Å². The van der Waals surface area contributed by atoms with Crippen molar-refractivity contribution < 1.29 is 4.74 Å². The van der Waals surface area contributed by atoms with Gasteiger partial charge in [-0.3, -0.25) is 9.79 Å². The van der Waals surface area contributed by atoms with Crippen molar-refractivity contribution in [3.05, 3.63) is 26.6 Å². The third kappa shape index (κ3) is 3.59. The maximum absolute atomic E-state index is 12.4. The smallest absolute Gasteiger partial charge is 0.259 e. The average Bonchev–Trinajstić information content (AvgIpc) is 3.05. The summed E-state index contributed by atoms with van der Waals surface area (Å²) in [5.41, 5.74) is 7.07. The van der Waals surface area contributed by atoms with Crippen LogP contribution in [0.1, 0.15) is 29.6 Å². The first kappa shape index (κ1) is 16.5. The molecule has 1 atom stereocenters. The molecule has 0 fully saturated rings. The second-order valence-electron chi connectivity index (χ2n) is 5.61. The maximum atomic E-state index is 12.4. The Morgan fingerprint density at radius 1 is 1.57 bits per heavy atom. The number of fused-ring (bicyclic) bond motifs is 3. The second-order valence-corrected chi connectivity index (χ2v) is 7.69. The molecule has 2 heterocycles. The lowest BCUT2D eigenvalue weighted by atomic mass is 10.2. The molecule has 2 aromatic rings. The Balaban J connectivity index is 1.75. The predicted molar refractivity (Wildman–Crippen MR) is 96.5 cm³/mol. The Kier molecular flexibility index (Phi) is 5.03. The highest BCUT2D eigenvalue weighted by Crippen LogP contribution is 2.34. The van der Waals surface area contributed by atoms with Crippen molar-refractivity contribution >= 4 is 38.5 Å². The van der Waals surface area contributed by atoms with Gasteiger partial charge in [-0.05, 0) is 31.7 Å². The number of amidine groups is 1. The number of H-pyrrole nitrogens is 1. The van der Waals surface area contributed by atoms with Crippen LogP contribution in [0.25, 0.3) is 10.2 Å². The molecular formula is C15H20N4O2S2. The number of thiophene rings is 1. The van der Waals surface area contributed by atoms with Crippen molar-refractivity contribution in [1.82, 2.24) is 9.97 Å². The topological polar surface area (TPSA) is 93.4 Å². The van der Waals surface area contributed by atoms with Crippen LogP contribution < -0.4 is 11.3 Å². The molecule has 2 aromatic heterocycles. The number of thioether (sulfide) groups is 1. The number of aromatic amines is 1. The van der Waals surface area contributed by atoms with Gasteiger partial charge in [-0.1, -0.05) is 11.8 Å². The van der Waals surface area contributed by atoms with E-state index < -0.39 is 0 Å². The molecule has 0 unspecified atom stereocenters. The van der Waals surface area contributed by atoms with Gasteiger partial charge in [-0.25, -0.2) is 4.98 Å². The van der Waals surface area contributed by atoms with Crippen molar-refractivity contribution in [3.63, 3.8) is 0 Å². The molecule has 0 bridgehead atoms. The highest BCUT2D eigenvalue weighted by molar-refractivity contribution is 8.13. The molecule has 8 heteroatoms. The number of nitrogens with one attached hydrogen (secondary N) is 1. The summed E-state index contributed by atoms with van der Waals surface area (Å²) in [5.74, 6) is 1.15. The molecule has 0 saturated carbocycles. The number of hydrogen-bond acceptors (Lipinski definition) is 6. The van der Waals surface area contributed by atoms with Gasteiger partial charge in [0, 0.05) is 12.0 Å². The number of nitrogens with zero attached hydrogens (tertiary/aromatic N) is 2. The number of ether oxygens (including phenoxy) is 1. The minimum Gasteiger partial charge on any atom is -0.382 e. The number of aliphatic imine (C=N–C) groups is 1. The fourth-order valence-corrected chi connectivity index (χ4v) is 4.75. The van der Waals surface area contributed by atoms with E-state index in [4.69, 9.17) is 10.5 Å². The predicted octanol–water partition coefficient (Wildman–Crippen LogP) is 2.06. The first-order valence-electron chi connectivity index (χ1n) is 7.57. The van der Waals surface area contributed by atoms with Crippen molar-refractivity contribution in [2.45, 2.75) is 38.0 Å². The molecular weight excluding hydrogens is 332 g/mol. The molecule has 3 rings (SSSR count). The van der Waals surface area contributed by atoms with E-state index >= 15 is 0 Å². The van der Waals surface area contributed by atoms with E-state index in [1.807, 2.05) is 6.92 Å². The highest BCUT2D eigenvalue weighted by Gasteiger charge is 2.21. The summed E-state index contributed by atoms with van der Waals surface area (Å²) in [5, 5.41) is 1.26. The molecule has 0 amide bonds. The Bertz CT molecular complexity index is 797. The summed E-state index contributed by atoms with van der Waals surface area (Å²) in [6, 6.07) is 0.0160. The largest absolute Gasteiger partial charge is 0.382 e. The number of methoxy groups -OCH3 is 1. The fourth-order valence-electron chi connectivity index (χ4n) is 2.79. The van der Waals surface area contributed by atoms with Gasteiger partial charge in [0.15, 0.2) is 5.17 Å². The average molecular weight is 352 g/mol. The third-order valence-corrected chi connectivity index (χ3v) is 5.74. The van der Waals surface area contributed by atoms with Gasteiger partial charge in [0.05, 0.1) is 23.8 Å². The summed E-state index contributed by atoms with van der Waals surface area (Å²) in [6.45, 7) is 2.47. The Labute approximate surface area is 142 Å². The van der Waals surface area contributed by atoms with Gasteiger partial charge in [0.2, 0.25) is 0 Å². The van der Waals surface area contributed by atoms with Gasteiger partial charge in [-0.15, -0.1) is 11.3 Å². The number of aryl methyl sites for hydroxylation is 2. The van der Waals surface area contributed by atoms with E-state index in [2.05, 4.69) is 15.0 Å². The first-order chi connectivity index (χ1) is 11.1. The SMILES string of the molecule is COC[C@H](C)N=C(N)SCc1nc2sc3c(c2c(=O)[nH]1)CCC3. The molecule has 124 valence electrons. The van der Waals surface area contributed by atoms with E-state index in [9.17, 15) is 4.79 Å². The van der Waals surface area contributed by atoms with E-state index in [0.29, 0.717) is 23.4 Å². The lowest BCUT2D eigenvalue weighted by Gasteiger charge is -2.06. The molecule has 0 spiro atoms. The van der Waals surface area contributed by atoms with Gasteiger partial charge >= 0.3 is 0 Å². The van der Waals surface area contributed by atoms with Gasteiger partial charge in [-0.2, -0.15) is 0 Å². The third-order valence-electron chi connectivity index (χ3n) is 3.74. The number of rotatable bonds is 5. The van der Waals surface area contributed by atoms with Crippen LogP contribution in [-0.4, -0.2) is 34.9 Å². The molecule has 23 heavy (non-hydrogen) atoms. The van der Waals surface area contributed by atoms with Crippen molar-refractivity contribution in [2.24, 2.45) is 10.7 Å². The lowest BCUT2D eigenvalue weighted by Crippen LogP contribution is -2.16. The minimum atomic E-state index is -0.0340. The zero-order valence-electron chi connectivity index (χ0n) is 13.2. The Hall–Kier alpha value is -1.38. The minimum absolute atomic E-state index is 0.0160. The van der Waals surface area contributed by atoms with E-state index in [1.54, 1.807) is 18.4 Å². The van der Waals surface area contributed by atoms with Crippen LogP contribution in [0.15, 0.2) is 9.79 Å². The zero-order chi connectivity index (χ0) is 16.4. The highest BCUT2D eigenvalue weighted by atomic mass is 32.2. The quantitative estimate of drug-likeness (QED) is 0.634. The van der Waals surface area contributed by atoms with Crippen LogP contribution in [0.5, 0.6) is 0 Å². The fraction of sp³-hybridized carbons (Fsp3) is 0.533. The van der Waals surface area contributed by atoms with Crippen molar-refractivity contribution in [3.8, 4) is 0 Å². The molecule has 1 aliphatic rings. The first-order valence-corrected chi connectivity index (χ1v) is 9.37. The normalized spacial score (nSPS) is 16.0. The summed E-state index contributed by atoms with van der Waals surface area (Å²) in [6.07, 6.45) is 3.20. The number of hydrogen-bond donors (Lipinski definition) is 2. The number of aromatic nitrogens is 2. The summed E-state index contributed by atoms with van der Waals surface area (Å²) in [4.78, 5) is 26.3. The molecule has 0 aliphatic heterocycles. The molecule has 6 nitrogen and oxygen atoms in total. The summed E-state index contributed by atoms with van der Waals surface area (Å²) < 4.78 is 5.03. The Morgan fingerprint density at radius 3 is 3.17 bits per heavy atom. The van der Waals surface area contributed by atoms with E-state index in [0.717, 1.165) is 29.5 Å². The van der Waals surface area contributed by atoms with Gasteiger partial charge in [0.1, 0.15) is 10.7 Å². The molecule has 0 saturated heterocycles. The number of nitrogens with two attached hydrogens (primary N) is 1. The lowest BCUT2D eigenvalue weighted by molar-refractivity contribution is 0.186. The summed E-state index contributed by atoms with van der Waals surface area (Å²) >= 11 is 3.02. The standard InChI is InChI=1S/C15H20N4O2S2/c1-8(6-21-2)17-15(16)22-7-11-18-13(20)12-9-4-3-5-10(9)23-14(12)19-11/h8H,3-7H2,1-2H3,(H2,16,17)(H,18,19,20)/t8-/m0/s1. The van der Waals surface area contributed by atoms with Crippen LogP contribution in [0.3, 0.4) is 0 Å².